The Morgan fingerprint density at radius 1 is 0.943 bits per heavy atom. The van der Waals surface area contributed by atoms with E-state index < -0.39 is 83.9 Å². The van der Waals surface area contributed by atoms with Crippen LogP contribution in [0.25, 0.3) is 0 Å². The van der Waals surface area contributed by atoms with Gasteiger partial charge in [-0.15, -0.1) is 5.53 Å². The summed E-state index contributed by atoms with van der Waals surface area (Å²) < 4.78 is 40.8. The van der Waals surface area contributed by atoms with Crippen molar-refractivity contribution in [2.24, 2.45) is 5.92 Å². The molecule has 2 aliphatic heterocycles. The molecule has 1 aliphatic carbocycles. The van der Waals surface area contributed by atoms with Crippen molar-refractivity contribution in [1.29, 1.82) is 0 Å². The van der Waals surface area contributed by atoms with E-state index in [1.54, 1.807) is 51.8 Å². The maximum atomic E-state index is 14.0. The third kappa shape index (κ3) is 16.2. The van der Waals surface area contributed by atoms with Crippen LogP contribution in [0.1, 0.15) is 120 Å². The number of aryl methyl sites for hydroxylation is 2. The molecule has 384 valence electrons. The van der Waals surface area contributed by atoms with E-state index in [0.717, 1.165) is 44.1 Å². The van der Waals surface area contributed by atoms with Crippen LogP contribution in [0.4, 0.5) is 4.79 Å². The molecular formula is C50H70N6O14. The molecule has 2 fully saturated rings. The van der Waals surface area contributed by atoms with Crippen LogP contribution in [0.5, 0.6) is 5.75 Å². The maximum Gasteiger partial charge on any atom is 0.410 e. The van der Waals surface area contributed by atoms with E-state index in [9.17, 15) is 33.6 Å². The standard InChI is InChI=1S/C50H70N6O14/c1-31-23-38(24-32(2)45(31)68-35(5)59)46(61)51-27-39(66-33(3)57)25-41-44(52-43(60)30-56-29-40(53-54-56)37-19-14-11-15-20-37)42(67-34(4)58)26-50(69-41,47(62)64-9)65-22-16-21-55(48(63)70-49(6,7)8)28-36-17-12-10-13-18-36/h10,12-13,17-18,23-24,29,37,39,41-42,44,53-54H,11,14-16,19-22,25-28,30H2,1-9H3,(H,51,61)(H,52,60)/t39-,41?,42+,44?,50+/m0/s1. The van der Waals surface area contributed by atoms with Gasteiger partial charge in [-0.2, -0.15) is 0 Å². The van der Waals surface area contributed by atoms with Crippen LogP contribution in [0.2, 0.25) is 0 Å². The van der Waals surface area contributed by atoms with Crippen molar-refractivity contribution >= 4 is 41.8 Å². The molecule has 2 heterocycles. The monoisotopic (exact) mass is 978 g/mol. The fourth-order valence-electron chi connectivity index (χ4n) is 8.83. The zero-order chi connectivity index (χ0) is 51.2. The van der Waals surface area contributed by atoms with Crippen molar-refractivity contribution in [1.82, 2.24) is 31.5 Å². The van der Waals surface area contributed by atoms with Gasteiger partial charge in [0.25, 0.3) is 11.7 Å². The number of carbonyl (C=O) groups excluding carboxylic acids is 7. The highest BCUT2D eigenvalue weighted by molar-refractivity contribution is 5.95. The zero-order valence-corrected chi connectivity index (χ0v) is 41.8. The molecule has 70 heavy (non-hydrogen) atoms. The van der Waals surface area contributed by atoms with E-state index >= 15 is 0 Å². The molecule has 2 unspecified atom stereocenters. The SMILES string of the molecule is COC(=O)[C@@]1(OCCCN(Cc2ccccc2)C(=O)OC(C)(C)C)C[C@@H](OC(C)=O)C(NC(=O)CN2C=C(C3CCCCC3)NN2)C(C[C@@H](CNC(=O)c2cc(C)c(OC(C)=O)c(C)c2)OC(C)=O)O1. The molecule has 20 nitrogen and oxygen atoms in total. The van der Waals surface area contributed by atoms with Gasteiger partial charge in [0.15, 0.2) is 0 Å². The molecule has 0 spiro atoms. The summed E-state index contributed by atoms with van der Waals surface area (Å²) in [7, 11) is 1.14. The Bertz CT molecular complexity index is 2190. The molecule has 0 aromatic heterocycles. The minimum absolute atomic E-state index is 0.132. The first-order valence-corrected chi connectivity index (χ1v) is 23.8. The zero-order valence-electron chi connectivity index (χ0n) is 41.8. The summed E-state index contributed by atoms with van der Waals surface area (Å²) in [4.78, 5) is 93.8. The van der Waals surface area contributed by atoms with Gasteiger partial charge in [-0.3, -0.25) is 29.0 Å². The summed E-state index contributed by atoms with van der Waals surface area (Å²) in [5, 5.41) is 7.33. The first kappa shape index (κ1) is 54.7. The van der Waals surface area contributed by atoms with Crippen LogP contribution < -0.4 is 26.3 Å². The first-order chi connectivity index (χ1) is 33.1. The number of methoxy groups -OCH3 is 1. The summed E-state index contributed by atoms with van der Waals surface area (Å²) in [6.07, 6.45) is 2.48. The molecule has 0 radical (unpaired) electrons. The summed E-state index contributed by atoms with van der Waals surface area (Å²) in [6, 6.07) is 11.3. The van der Waals surface area contributed by atoms with Gasteiger partial charge < -0.3 is 54.1 Å². The third-order valence-electron chi connectivity index (χ3n) is 11.8. The number of carbonyl (C=O) groups is 7. The lowest BCUT2D eigenvalue weighted by atomic mass is 9.87. The van der Waals surface area contributed by atoms with Crippen molar-refractivity contribution in [3.8, 4) is 5.75 Å². The molecular weight excluding hydrogens is 909 g/mol. The molecule has 0 bridgehead atoms. The van der Waals surface area contributed by atoms with Crippen molar-refractivity contribution in [3.63, 3.8) is 0 Å². The average Bonchev–Trinajstić information content (AvgIpc) is 3.76. The Morgan fingerprint density at radius 3 is 2.24 bits per heavy atom. The van der Waals surface area contributed by atoms with Crippen LogP contribution in [0, 0.1) is 19.8 Å². The quantitative estimate of drug-likeness (QED) is 0.0595. The number of nitrogens with one attached hydrogen (secondary N) is 4. The minimum Gasteiger partial charge on any atom is -0.465 e. The number of nitrogens with zero attached hydrogens (tertiary/aromatic N) is 2. The van der Waals surface area contributed by atoms with E-state index in [1.807, 2.05) is 36.5 Å². The largest absolute Gasteiger partial charge is 0.465 e. The van der Waals surface area contributed by atoms with Crippen molar-refractivity contribution < 1.29 is 66.7 Å². The number of hydrogen-bond donors (Lipinski definition) is 4. The number of esters is 4. The lowest BCUT2D eigenvalue weighted by molar-refractivity contribution is -0.300. The molecule has 3 aliphatic rings. The van der Waals surface area contributed by atoms with E-state index in [-0.39, 0.29) is 51.2 Å². The molecule has 2 aromatic rings. The summed E-state index contributed by atoms with van der Waals surface area (Å²) in [6.45, 7) is 12.0. The van der Waals surface area contributed by atoms with E-state index in [1.165, 1.54) is 32.1 Å². The lowest BCUT2D eigenvalue weighted by Crippen LogP contribution is -2.66. The summed E-state index contributed by atoms with van der Waals surface area (Å²) in [5.41, 5.74) is 8.56. The van der Waals surface area contributed by atoms with Gasteiger partial charge in [0.1, 0.15) is 30.1 Å². The predicted octanol–water partition coefficient (Wildman–Crippen LogP) is 4.95. The fraction of sp³-hybridized carbons (Fsp3) is 0.580. The Morgan fingerprint density at radius 2 is 1.63 bits per heavy atom. The molecule has 2 aromatic carbocycles. The smallest absolute Gasteiger partial charge is 0.410 e. The Balaban J connectivity index is 1.43. The van der Waals surface area contributed by atoms with Gasteiger partial charge in [0, 0.05) is 63.7 Å². The second kappa shape index (κ2) is 25.0. The van der Waals surface area contributed by atoms with Gasteiger partial charge in [-0.05, 0) is 82.7 Å². The second-order valence-electron chi connectivity index (χ2n) is 18.9. The number of amides is 3. The highest BCUT2D eigenvalue weighted by Gasteiger charge is 2.56. The predicted molar refractivity (Wildman–Crippen MR) is 253 cm³/mol. The van der Waals surface area contributed by atoms with Gasteiger partial charge in [0.2, 0.25) is 5.91 Å². The third-order valence-corrected chi connectivity index (χ3v) is 11.8. The van der Waals surface area contributed by atoms with Crippen molar-refractivity contribution in [2.75, 3.05) is 33.4 Å². The number of rotatable bonds is 20. The van der Waals surface area contributed by atoms with E-state index in [2.05, 4.69) is 21.6 Å². The second-order valence-corrected chi connectivity index (χ2v) is 18.9. The Hall–Kier alpha value is -6.25. The molecule has 3 amide bonds. The normalized spacial score (nSPS) is 20.7. The van der Waals surface area contributed by atoms with E-state index in [0.29, 0.717) is 22.8 Å². The topological polar surface area (TPSA) is 239 Å². The van der Waals surface area contributed by atoms with Crippen molar-refractivity contribution in [3.05, 3.63) is 76.6 Å². The minimum atomic E-state index is -2.25. The fourth-order valence-corrected chi connectivity index (χ4v) is 8.83. The summed E-state index contributed by atoms with van der Waals surface area (Å²) >= 11 is 0. The highest BCUT2D eigenvalue weighted by Crippen LogP contribution is 2.37. The van der Waals surface area contributed by atoms with Crippen LogP contribution >= 0.6 is 0 Å². The van der Waals surface area contributed by atoms with Gasteiger partial charge in [-0.1, -0.05) is 49.6 Å². The van der Waals surface area contributed by atoms with Gasteiger partial charge in [-0.25, -0.2) is 9.59 Å². The Labute approximate surface area is 409 Å². The molecule has 1 saturated carbocycles. The molecule has 20 heteroatoms. The number of hydrazine groups is 2. The highest BCUT2D eigenvalue weighted by atomic mass is 16.7. The van der Waals surface area contributed by atoms with E-state index in [4.69, 9.17) is 33.2 Å². The van der Waals surface area contributed by atoms with Gasteiger partial charge >= 0.3 is 30.0 Å². The maximum absolute atomic E-state index is 14.0. The summed E-state index contributed by atoms with van der Waals surface area (Å²) in [5.74, 6) is -5.61. The molecule has 5 atom stereocenters. The number of hydrogen-bond acceptors (Lipinski definition) is 17. The number of ether oxygens (including phenoxy) is 7. The first-order valence-electron chi connectivity index (χ1n) is 23.8. The number of allylic oxidation sites excluding steroid dienone is 1. The van der Waals surface area contributed by atoms with Crippen LogP contribution in [-0.4, -0.2) is 121 Å². The van der Waals surface area contributed by atoms with Crippen molar-refractivity contribution in [2.45, 2.75) is 149 Å². The number of benzene rings is 2. The van der Waals surface area contributed by atoms with Gasteiger partial charge in [0.05, 0.1) is 38.8 Å². The van der Waals surface area contributed by atoms with Crippen LogP contribution in [0.3, 0.4) is 0 Å². The lowest BCUT2D eigenvalue weighted by Gasteiger charge is -2.46. The average molecular weight is 979 g/mol. The molecule has 4 N–H and O–H groups in total. The van der Waals surface area contributed by atoms with Crippen LogP contribution in [0.15, 0.2) is 54.4 Å². The van der Waals surface area contributed by atoms with Crippen LogP contribution in [-0.2, 0) is 58.9 Å². The Kier molecular flexibility index (Phi) is 19.6. The molecule has 5 rings (SSSR count). The molecule has 1 saturated heterocycles.